The Labute approximate surface area is 105 Å². The summed E-state index contributed by atoms with van der Waals surface area (Å²) >= 11 is 0. The lowest BCUT2D eigenvalue weighted by molar-refractivity contribution is 0.243. The van der Waals surface area contributed by atoms with E-state index in [9.17, 15) is 0 Å². The molecule has 0 aromatic carbocycles. The van der Waals surface area contributed by atoms with E-state index in [1.165, 1.54) is 11.1 Å². The van der Waals surface area contributed by atoms with Gasteiger partial charge >= 0.3 is 0 Å². The smallest absolute Gasteiger partial charge is 0.220 e. The molecule has 6 nitrogen and oxygen atoms in total. The fourth-order valence-corrected chi connectivity index (χ4v) is 2.34. The Morgan fingerprint density at radius 3 is 3.06 bits per heavy atom. The molecule has 18 heavy (non-hydrogen) atoms. The minimum Gasteiger partial charge on any atom is -0.368 e. The molecule has 0 radical (unpaired) electrons. The molecule has 94 valence electrons. The molecule has 3 rings (SSSR count). The van der Waals surface area contributed by atoms with E-state index in [-0.39, 0.29) is 0 Å². The van der Waals surface area contributed by atoms with E-state index < -0.39 is 0 Å². The van der Waals surface area contributed by atoms with E-state index in [1.54, 1.807) is 0 Å². The second-order valence-corrected chi connectivity index (χ2v) is 4.68. The predicted octanol–water partition coefficient (Wildman–Crippen LogP) is 0.351. The number of hydrogen-bond donors (Lipinski definition) is 1. The zero-order valence-corrected chi connectivity index (χ0v) is 10.4. The number of nitrogens with two attached hydrogens (primary N) is 1. The van der Waals surface area contributed by atoms with E-state index in [0.717, 1.165) is 31.7 Å². The molecular formula is C12H16N6. The molecule has 0 amide bonds. The van der Waals surface area contributed by atoms with Gasteiger partial charge in [0.25, 0.3) is 0 Å². The molecule has 0 saturated carbocycles. The van der Waals surface area contributed by atoms with Crippen molar-refractivity contribution in [2.45, 2.75) is 19.5 Å². The van der Waals surface area contributed by atoms with Gasteiger partial charge in [-0.25, -0.2) is 9.97 Å². The Hall–Kier alpha value is -1.95. The van der Waals surface area contributed by atoms with E-state index in [4.69, 9.17) is 5.73 Å². The average molecular weight is 244 g/mol. The Bertz CT molecular complexity index is 561. The summed E-state index contributed by atoms with van der Waals surface area (Å²) in [6, 6.07) is 0. The molecule has 0 spiro atoms. The van der Waals surface area contributed by atoms with Crippen LogP contribution in [-0.4, -0.2) is 31.2 Å². The molecule has 0 atom stereocenters. The summed E-state index contributed by atoms with van der Waals surface area (Å²) in [6.07, 6.45) is 6.74. The molecule has 0 bridgehead atoms. The van der Waals surface area contributed by atoms with Crippen LogP contribution in [0.1, 0.15) is 16.8 Å². The quantitative estimate of drug-likeness (QED) is 0.825. The van der Waals surface area contributed by atoms with Crippen LogP contribution in [0.4, 0.5) is 5.95 Å². The van der Waals surface area contributed by atoms with Gasteiger partial charge in [-0.05, 0) is 0 Å². The molecule has 0 saturated heterocycles. The van der Waals surface area contributed by atoms with Crippen LogP contribution in [0.3, 0.4) is 0 Å². The van der Waals surface area contributed by atoms with Crippen molar-refractivity contribution in [3.8, 4) is 0 Å². The van der Waals surface area contributed by atoms with Crippen molar-refractivity contribution < 1.29 is 0 Å². The van der Waals surface area contributed by atoms with Gasteiger partial charge in [0.15, 0.2) is 0 Å². The maximum absolute atomic E-state index is 5.60. The van der Waals surface area contributed by atoms with Crippen LogP contribution in [0.25, 0.3) is 0 Å². The van der Waals surface area contributed by atoms with Crippen LogP contribution in [0.5, 0.6) is 0 Å². The molecule has 2 aromatic heterocycles. The minimum absolute atomic E-state index is 0.370. The molecule has 0 aliphatic carbocycles. The standard InChI is InChI=1S/C12H16N6/c1-17-6-9(4-15-17)7-18-3-2-11-10(8-18)5-14-12(13)16-11/h4-6H,2-3,7-8H2,1H3,(H2,13,14,16). The van der Waals surface area contributed by atoms with Gasteiger partial charge in [-0.3, -0.25) is 9.58 Å². The first-order valence-corrected chi connectivity index (χ1v) is 6.01. The third-order valence-corrected chi connectivity index (χ3v) is 3.20. The van der Waals surface area contributed by atoms with E-state index in [2.05, 4.69) is 26.2 Å². The fourth-order valence-electron chi connectivity index (χ4n) is 2.34. The molecule has 1 aliphatic heterocycles. The normalized spacial score (nSPS) is 15.6. The molecular weight excluding hydrogens is 228 g/mol. The second kappa shape index (κ2) is 4.38. The number of hydrogen-bond acceptors (Lipinski definition) is 5. The summed E-state index contributed by atoms with van der Waals surface area (Å²) < 4.78 is 1.83. The third kappa shape index (κ3) is 2.19. The highest BCUT2D eigenvalue weighted by atomic mass is 15.2. The van der Waals surface area contributed by atoms with Crippen LogP contribution < -0.4 is 5.73 Å². The molecule has 3 heterocycles. The molecule has 0 fully saturated rings. The van der Waals surface area contributed by atoms with Crippen molar-refractivity contribution in [3.63, 3.8) is 0 Å². The molecule has 6 heteroatoms. The van der Waals surface area contributed by atoms with Gasteiger partial charge in [0.05, 0.1) is 11.9 Å². The summed E-state index contributed by atoms with van der Waals surface area (Å²) in [6.45, 7) is 2.79. The molecule has 0 unspecified atom stereocenters. The first-order valence-electron chi connectivity index (χ1n) is 6.01. The number of aromatic nitrogens is 4. The van der Waals surface area contributed by atoms with Gasteiger partial charge in [0.2, 0.25) is 5.95 Å². The van der Waals surface area contributed by atoms with Gasteiger partial charge in [0.1, 0.15) is 0 Å². The SMILES string of the molecule is Cn1cc(CN2CCc3nc(N)ncc3C2)cn1. The summed E-state index contributed by atoms with van der Waals surface area (Å²) in [4.78, 5) is 10.7. The zero-order chi connectivity index (χ0) is 12.5. The highest BCUT2D eigenvalue weighted by Crippen LogP contribution is 2.18. The Balaban J connectivity index is 1.73. The van der Waals surface area contributed by atoms with E-state index in [0.29, 0.717) is 5.95 Å². The minimum atomic E-state index is 0.370. The lowest BCUT2D eigenvalue weighted by atomic mass is 10.1. The van der Waals surface area contributed by atoms with Crippen LogP contribution in [0.2, 0.25) is 0 Å². The average Bonchev–Trinajstić information content (AvgIpc) is 2.75. The van der Waals surface area contributed by atoms with Gasteiger partial charge in [-0.15, -0.1) is 0 Å². The first kappa shape index (κ1) is 11.2. The van der Waals surface area contributed by atoms with Crippen LogP contribution in [0, 0.1) is 0 Å². The summed E-state index contributed by atoms with van der Waals surface area (Å²) in [7, 11) is 1.94. The predicted molar refractivity (Wildman–Crippen MR) is 67.5 cm³/mol. The maximum atomic E-state index is 5.60. The maximum Gasteiger partial charge on any atom is 0.220 e. The van der Waals surface area contributed by atoms with Crippen LogP contribution >= 0.6 is 0 Å². The fraction of sp³-hybridized carbons (Fsp3) is 0.417. The highest BCUT2D eigenvalue weighted by molar-refractivity contribution is 5.27. The number of rotatable bonds is 2. The lowest BCUT2D eigenvalue weighted by Crippen LogP contribution is -2.30. The van der Waals surface area contributed by atoms with Crippen molar-refractivity contribution in [2.24, 2.45) is 7.05 Å². The zero-order valence-electron chi connectivity index (χ0n) is 10.4. The molecule has 2 N–H and O–H groups in total. The van der Waals surface area contributed by atoms with Crippen LogP contribution in [0.15, 0.2) is 18.6 Å². The second-order valence-electron chi connectivity index (χ2n) is 4.68. The van der Waals surface area contributed by atoms with Crippen molar-refractivity contribution in [3.05, 3.63) is 35.4 Å². The number of fused-ring (bicyclic) bond motifs is 1. The number of aryl methyl sites for hydroxylation is 1. The Morgan fingerprint density at radius 1 is 1.39 bits per heavy atom. The summed E-state index contributed by atoms with van der Waals surface area (Å²) in [5.41, 5.74) is 9.10. The Kier molecular flexibility index (Phi) is 2.71. The number of anilines is 1. The van der Waals surface area contributed by atoms with E-state index >= 15 is 0 Å². The van der Waals surface area contributed by atoms with Crippen molar-refractivity contribution in [1.29, 1.82) is 0 Å². The van der Waals surface area contributed by atoms with Crippen LogP contribution in [-0.2, 0) is 26.6 Å². The summed E-state index contributed by atoms with van der Waals surface area (Å²) in [5.74, 6) is 0.370. The number of nitrogens with zero attached hydrogens (tertiary/aromatic N) is 5. The van der Waals surface area contributed by atoms with Crippen molar-refractivity contribution in [1.82, 2.24) is 24.6 Å². The van der Waals surface area contributed by atoms with Crippen molar-refractivity contribution in [2.75, 3.05) is 12.3 Å². The van der Waals surface area contributed by atoms with E-state index in [1.807, 2.05) is 24.1 Å². The van der Waals surface area contributed by atoms with Gasteiger partial charge in [-0.1, -0.05) is 0 Å². The largest absolute Gasteiger partial charge is 0.368 e. The Morgan fingerprint density at radius 2 is 2.28 bits per heavy atom. The van der Waals surface area contributed by atoms with Gasteiger partial charge < -0.3 is 5.73 Å². The highest BCUT2D eigenvalue weighted by Gasteiger charge is 2.18. The monoisotopic (exact) mass is 244 g/mol. The number of nitrogen functional groups attached to an aromatic ring is 1. The van der Waals surface area contributed by atoms with Crippen molar-refractivity contribution >= 4 is 5.95 Å². The third-order valence-electron chi connectivity index (χ3n) is 3.20. The van der Waals surface area contributed by atoms with Gasteiger partial charge in [0, 0.05) is 56.6 Å². The first-order chi connectivity index (χ1) is 8.70. The molecule has 2 aromatic rings. The summed E-state index contributed by atoms with van der Waals surface area (Å²) in [5, 5.41) is 4.19. The topological polar surface area (TPSA) is 72.9 Å². The van der Waals surface area contributed by atoms with Gasteiger partial charge in [-0.2, -0.15) is 5.10 Å². The lowest BCUT2D eigenvalue weighted by Gasteiger charge is -2.27. The molecule has 1 aliphatic rings.